The summed E-state index contributed by atoms with van der Waals surface area (Å²) in [4.78, 5) is 23.0. The van der Waals surface area contributed by atoms with Crippen molar-refractivity contribution in [3.8, 4) is 0 Å². The van der Waals surface area contributed by atoms with Crippen molar-refractivity contribution in [3.63, 3.8) is 0 Å². The standard InChI is InChI=1S/C11H12ClNO3/c1-8(14)13(7-11(15)16)6-9-4-2-3-5-10(9)12/h2-5H,6-7H2,1H3,(H,15,16). The maximum absolute atomic E-state index is 11.2. The Hall–Kier alpha value is -1.55. The van der Waals surface area contributed by atoms with Crippen molar-refractivity contribution in [1.29, 1.82) is 0 Å². The predicted octanol–water partition coefficient (Wildman–Crippen LogP) is 1.77. The highest BCUT2D eigenvalue weighted by Crippen LogP contribution is 2.16. The Morgan fingerprint density at radius 2 is 2.00 bits per heavy atom. The Balaban J connectivity index is 2.80. The average molecular weight is 242 g/mol. The molecule has 0 radical (unpaired) electrons. The third kappa shape index (κ3) is 3.55. The zero-order valence-corrected chi connectivity index (χ0v) is 9.57. The highest BCUT2D eigenvalue weighted by atomic mass is 35.5. The molecule has 86 valence electrons. The maximum atomic E-state index is 11.2. The lowest BCUT2D eigenvalue weighted by atomic mass is 10.2. The molecule has 16 heavy (non-hydrogen) atoms. The molecule has 0 saturated heterocycles. The van der Waals surface area contributed by atoms with Crippen molar-refractivity contribution in [3.05, 3.63) is 34.9 Å². The number of hydrogen-bond acceptors (Lipinski definition) is 2. The van der Waals surface area contributed by atoms with Gasteiger partial charge in [0.2, 0.25) is 5.91 Å². The van der Waals surface area contributed by atoms with Gasteiger partial charge in [0.05, 0.1) is 0 Å². The number of rotatable bonds is 4. The first-order valence-corrected chi connectivity index (χ1v) is 5.09. The summed E-state index contributed by atoms with van der Waals surface area (Å²) in [7, 11) is 0. The second-order valence-corrected chi connectivity index (χ2v) is 3.77. The number of carbonyl (C=O) groups excluding carboxylic acids is 1. The first kappa shape index (κ1) is 12.5. The lowest BCUT2D eigenvalue weighted by Crippen LogP contribution is -2.33. The van der Waals surface area contributed by atoms with E-state index in [1.807, 2.05) is 0 Å². The van der Waals surface area contributed by atoms with E-state index in [1.165, 1.54) is 11.8 Å². The number of halogens is 1. The molecular weight excluding hydrogens is 230 g/mol. The van der Waals surface area contributed by atoms with Crippen molar-refractivity contribution in [2.45, 2.75) is 13.5 Å². The normalized spacial score (nSPS) is 9.88. The molecule has 1 aromatic carbocycles. The summed E-state index contributed by atoms with van der Waals surface area (Å²) in [5, 5.41) is 9.18. The second kappa shape index (κ2) is 5.51. The summed E-state index contributed by atoms with van der Waals surface area (Å²) in [6, 6.07) is 7.04. The van der Waals surface area contributed by atoms with Gasteiger partial charge in [-0.1, -0.05) is 29.8 Å². The average Bonchev–Trinajstić information content (AvgIpc) is 2.19. The van der Waals surface area contributed by atoms with E-state index in [1.54, 1.807) is 24.3 Å². The summed E-state index contributed by atoms with van der Waals surface area (Å²) >= 11 is 5.92. The highest BCUT2D eigenvalue weighted by molar-refractivity contribution is 6.31. The van der Waals surface area contributed by atoms with E-state index in [0.717, 1.165) is 5.56 Å². The number of aliphatic carboxylic acids is 1. The first-order valence-electron chi connectivity index (χ1n) is 4.71. The number of carboxylic acids is 1. The van der Waals surface area contributed by atoms with Crippen molar-refractivity contribution in [2.24, 2.45) is 0 Å². The minimum absolute atomic E-state index is 0.210. The van der Waals surface area contributed by atoms with E-state index in [0.29, 0.717) is 5.02 Å². The van der Waals surface area contributed by atoms with Gasteiger partial charge >= 0.3 is 5.97 Å². The second-order valence-electron chi connectivity index (χ2n) is 3.36. The number of hydrogen-bond donors (Lipinski definition) is 1. The van der Waals surface area contributed by atoms with Crippen LogP contribution in [0.4, 0.5) is 0 Å². The summed E-state index contributed by atoms with van der Waals surface area (Å²) in [6.45, 7) is 1.22. The van der Waals surface area contributed by atoms with Crippen LogP contribution < -0.4 is 0 Å². The molecule has 4 nitrogen and oxygen atoms in total. The largest absolute Gasteiger partial charge is 0.480 e. The van der Waals surface area contributed by atoms with E-state index in [4.69, 9.17) is 16.7 Å². The molecule has 0 aliphatic rings. The molecule has 0 aliphatic heterocycles. The summed E-state index contributed by atoms with van der Waals surface area (Å²) < 4.78 is 0. The fourth-order valence-electron chi connectivity index (χ4n) is 1.27. The van der Waals surface area contributed by atoms with Gasteiger partial charge in [-0.05, 0) is 11.6 Å². The lowest BCUT2D eigenvalue weighted by Gasteiger charge is -2.19. The number of carbonyl (C=O) groups is 2. The van der Waals surface area contributed by atoms with Crippen LogP contribution >= 0.6 is 11.6 Å². The molecule has 1 aromatic rings. The highest BCUT2D eigenvalue weighted by Gasteiger charge is 2.14. The van der Waals surface area contributed by atoms with Gasteiger partial charge < -0.3 is 10.0 Å². The first-order chi connectivity index (χ1) is 7.50. The molecule has 0 saturated carbocycles. The summed E-state index contributed by atoms with van der Waals surface area (Å²) in [5.74, 6) is -1.33. The number of nitrogens with zero attached hydrogens (tertiary/aromatic N) is 1. The van der Waals surface area contributed by atoms with Gasteiger partial charge in [-0.2, -0.15) is 0 Å². The van der Waals surface area contributed by atoms with Gasteiger partial charge in [-0.3, -0.25) is 9.59 Å². The SMILES string of the molecule is CC(=O)N(CC(=O)O)Cc1ccccc1Cl. The molecule has 0 aliphatic carbocycles. The molecule has 0 heterocycles. The van der Waals surface area contributed by atoms with Crippen LogP contribution in [0.15, 0.2) is 24.3 Å². The Kier molecular flexibility index (Phi) is 4.31. The monoisotopic (exact) mass is 241 g/mol. The van der Waals surface area contributed by atoms with Gasteiger partial charge in [0.15, 0.2) is 0 Å². The van der Waals surface area contributed by atoms with E-state index in [2.05, 4.69) is 0 Å². The van der Waals surface area contributed by atoms with Crippen molar-refractivity contribution < 1.29 is 14.7 Å². The van der Waals surface area contributed by atoms with E-state index in [9.17, 15) is 9.59 Å². The lowest BCUT2D eigenvalue weighted by molar-refractivity contribution is -0.144. The molecule has 0 fully saturated rings. The molecule has 1 rings (SSSR count). The molecule has 0 unspecified atom stereocenters. The Morgan fingerprint density at radius 1 is 1.38 bits per heavy atom. The fraction of sp³-hybridized carbons (Fsp3) is 0.273. The zero-order valence-electron chi connectivity index (χ0n) is 8.81. The van der Waals surface area contributed by atoms with Crippen LogP contribution in [0.25, 0.3) is 0 Å². The summed E-state index contributed by atoms with van der Waals surface area (Å²) in [6.07, 6.45) is 0. The third-order valence-corrected chi connectivity index (χ3v) is 2.46. The molecule has 5 heteroatoms. The van der Waals surface area contributed by atoms with Crippen LogP contribution in [0, 0.1) is 0 Å². The van der Waals surface area contributed by atoms with Crippen molar-refractivity contribution in [1.82, 2.24) is 4.90 Å². The van der Waals surface area contributed by atoms with Gasteiger partial charge in [0.1, 0.15) is 6.54 Å². The molecule has 0 aromatic heterocycles. The molecule has 0 bridgehead atoms. The smallest absolute Gasteiger partial charge is 0.323 e. The van der Waals surface area contributed by atoms with Crippen molar-refractivity contribution in [2.75, 3.05) is 6.54 Å². The van der Waals surface area contributed by atoms with Gasteiger partial charge in [-0.25, -0.2) is 0 Å². The molecule has 1 amide bonds. The van der Waals surface area contributed by atoms with Crippen LogP contribution in [0.3, 0.4) is 0 Å². The number of carboxylic acid groups (broad SMARTS) is 1. The van der Waals surface area contributed by atoms with Gasteiger partial charge in [-0.15, -0.1) is 0 Å². The van der Waals surface area contributed by atoms with Gasteiger partial charge in [0, 0.05) is 18.5 Å². The molecule has 1 N–H and O–H groups in total. The number of amides is 1. The molecule has 0 atom stereocenters. The molecule has 0 spiro atoms. The van der Waals surface area contributed by atoms with Crippen LogP contribution in [-0.2, 0) is 16.1 Å². The van der Waals surface area contributed by atoms with Crippen LogP contribution in [0.2, 0.25) is 5.02 Å². The van der Waals surface area contributed by atoms with Crippen molar-refractivity contribution >= 4 is 23.5 Å². The predicted molar refractivity (Wildman–Crippen MR) is 60.2 cm³/mol. The molecular formula is C11H12ClNO3. The van der Waals surface area contributed by atoms with Gasteiger partial charge in [0.25, 0.3) is 0 Å². The maximum Gasteiger partial charge on any atom is 0.323 e. The van der Waals surface area contributed by atoms with E-state index in [-0.39, 0.29) is 19.0 Å². The Labute approximate surface area is 98.4 Å². The zero-order chi connectivity index (χ0) is 12.1. The minimum atomic E-state index is -1.04. The van der Waals surface area contributed by atoms with E-state index < -0.39 is 5.97 Å². The minimum Gasteiger partial charge on any atom is -0.480 e. The third-order valence-electron chi connectivity index (χ3n) is 2.09. The Morgan fingerprint density at radius 3 is 2.50 bits per heavy atom. The number of benzene rings is 1. The fourth-order valence-corrected chi connectivity index (χ4v) is 1.47. The summed E-state index contributed by atoms with van der Waals surface area (Å²) in [5.41, 5.74) is 0.737. The van der Waals surface area contributed by atoms with E-state index >= 15 is 0 Å². The van der Waals surface area contributed by atoms with Crippen LogP contribution in [0.5, 0.6) is 0 Å². The quantitative estimate of drug-likeness (QED) is 0.874. The Bertz CT molecular complexity index is 406. The van der Waals surface area contributed by atoms with Crippen LogP contribution in [-0.4, -0.2) is 28.4 Å². The topological polar surface area (TPSA) is 57.6 Å². The van der Waals surface area contributed by atoms with Crippen LogP contribution in [0.1, 0.15) is 12.5 Å².